The summed E-state index contributed by atoms with van der Waals surface area (Å²) in [5, 5.41) is 19.9. The number of aliphatic hydroxyl groups is 1. The van der Waals surface area contributed by atoms with Crippen LogP contribution in [0.1, 0.15) is 11.4 Å². The summed E-state index contributed by atoms with van der Waals surface area (Å²) in [6.45, 7) is 0.158. The second kappa shape index (κ2) is 5.49. The van der Waals surface area contributed by atoms with E-state index in [0.29, 0.717) is 23.7 Å². The first-order chi connectivity index (χ1) is 9.15. The molecule has 0 saturated carbocycles. The molecule has 0 atom stereocenters. The largest absolute Gasteiger partial charge is 0.496 e. The van der Waals surface area contributed by atoms with Crippen molar-refractivity contribution < 1.29 is 14.8 Å². The van der Waals surface area contributed by atoms with Crippen molar-refractivity contribution in [2.75, 3.05) is 7.11 Å². The van der Waals surface area contributed by atoms with Crippen molar-refractivity contribution >= 4 is 5.69 Å². The molecule has 0 aliphatic carbocycles. The van der Waals surface area contributed by atoms with Gasteiger partial charge in [-0.3, -0.25) is 10.1 Å². The van der Waals surface area contributed by atoms with Gasteiger partial charge in [-0.25, -0.2) is 4.98 Å². The van der Waals surface area contributed by atoms with Crippen LogP contribution in [-0.2, 0) is 13.2 Å². The molecule has 0 bridgehead atoms. The average Bonchev–Trinajstić information content (AvgIpc) is 2.85. The molecule has 1 heterocycles. The Morgan fingerprint density at radius 1 is 1.53 bits per heavy atom. The maximum atomic E-state index is 10.8. The Bertz CT molecular complexity index is 594. The summed E-state index contributed by atoms with van der Waals surface area (Å²) in [6.07, 6.45) is 3.26. The van der Waals surface area contributed by atoms with Crippen LogP contribution < -0.4 is 4.74 Å². The molecule has 0 amide bonds. The number of aromatic nitrogens is 2. The zero-order valence-corrected chi connectivity index (χ0v) is 10.3. The number of nitrogens with zero attached hydrogens (tertiary/aromatic N) is 3. The molecule has 0 spiro atoms. The van der Waals surface area contributed by atoms with Crippen LogP contribution in [0.25, 0.3) is 0 Å². The van der Waals surface area contributed by atoms with Crippen molar-refractivity contribution in [2.24, 2.45) is 0 Å². The third kappa shape index (κ3) is 2.71. The maximum Gasteiger partial charge on any atom is 0.270 e. The summed E-state index contributed by atoms with van der Waals surface area (Å²) < 4.78 is 6.89. The number of rotatable bonds is 5. The van der Waals surface area contributed by atoms with E-state index in [1.54, 1.807) is 23.0 Å². The minimum atomic E-state index is -0.455. The molecule has 0 aliphatic heterocycles. The molecule has 2 rings (SSSR count). The van der Waals surface area contributed by atoms with Crippen LogP contribution in [0.4, 0.5) is 5.69 Å². The van der Waals surface area contributed by atoms with Gasteiger partial charge in [0.25, 0.3) is 5.69 Å². The summed E-state index contributed by atoms with van der Waals surface area (Å²) >= 11 is 0. The van der Waals surface area contributed by atoms with E-state index in [2.05, 4.69) is 4.98 Å². The predicted octanol–water partition coefficient (Wildman–Crippen LogP) is 1.34. The van der Waals surface area contributed by atoms with E-state index in [-0.39, 0.29) is 12.3 Å². The van der Waals surface area contributed by atoms with E-state index < -0.39 is 4.92 Å². The molecule has 100 valence electrons. The Balaban J connectivity index is 2.37. The summed E-state index contributed by atoms with van der Waals surface area (Å²) in [4.78, 5) is 14.3. The molecule has 7 heteroatoms. The molecule has 7 nitrogen and oxygen atoms in total. The number of non-ortho nitro benzene ring substituents is 1. The summed E-state index contributed by atoms with van der Waals surface area (Å²) in [7, 11) is 1.51. The maximum absolute atomic E-state index is 10.8. The summed E-state index contributed by atoms with van der Waals surface area (Å²) in [5.74, 6) is 1.05. The number of nitro benzene ring substituents is 1. The van der Waals surface area contributed by atoms with Gasteiger partial charge >= 0.3 is 0 Å². The van der Waals surface area contributed by atoms with Crippen molar-refractivity contribution in [1.29, 1.82) is 0 Å². The fourth-order valence-electron chi connectivity index (χ4n) is 1.82. The highest BCUT2D eigenvalue weighted by molar-refractivity contribution is 5.44. The van der Waals surface area contributed by atoms with Crippen LogP contribution in [0, 0.1) is 10.1 Å². The quantitative estimate of drug-likeness (QED) is 0.649. The SMILES string of the molecule is COc1ccc([N+](=O)[O-])cc1Cn1ccnc1CO. The van der Waals surface area contributed by atoms with Gasteiger partial charge in [0, 0.05) is 30.1 Å². The Kier molecular flexibility index (Phi) is 3.76. The first-order valence-corrected chi connectivity index (χ1v) is 5.58. The molecule has 0 radical (unpaired) electrons. The van der Waals surface area contributed by atoms with Crippen LogP contribution in [0.2, 0.25) is 0 Å². The molecule has 0 fully saturated rings. The number of ether oxygens (including phenoxy) is 1. The van der Waals surface area contributed by atoms with E-state index in [0.717, 1.165) is 0 Å². The van der Waals surface area contributed by atoms with Gasteiger partial charge in [0.15, 0.2) is 0 Å². The van der Waals surface area contributed by atoms with Gasteiger partial charge in [-0.15, -0.1) is 0 Å². The smallest absolute Gasteiger partial charge is 0.270 e. The van der Waals surface area contributed by atoms with E-state index in [9.17, 15) is 10.1 Å². The van der Waals surface area contributed by atoms with Crippen molar-refractivity contribution in [1.82, 2.24) is 9.55 Å². The fraction of sp³-hybridized carbons (Fsp3) is 0.250. The van der Waals surface area contributed by atoms with Crippen LogP contribution >= 0.6 is 0 Å². The standard InChI is InChI=1S/C12H13N3O4/c1-19-11-3-2-10(15(17)18)6-9(11)7-14-5-4-13-12(14)8-16/h2-6,16H,7-8H2,1H3. The lowest BCUT2D eigenvalue weighted by molar-refractivity contribution is -0.384. The minimum Gasteiger partial charge on any atom is -0.496 e. The topological polar surface area (TPSA) is 90.4 Å². The molecule has 19 heavy (non-hydrogen) atoms. The highest BCUT2D eigenvalue weighted by Crippen LogP contribution is 2.25. The van der Waals surface area contributed by atoms with Gasteiger partial charge < -0.3 is 14.4 Å². The number of benzene rings is 1. The molecule has 1 aromatic carbocycles. The fourth-order valence-corrected chi connectivity index (χ4v) is 1.82. The second-order valence-electron chi connectivity index (χ2n) is 3.88. The zero-order valence-electron chi connectivity index (χ0n) is 10.3. The van der Waals surface area contributed by atoms with Crippen molar-refractivity contribution in [3.8, 4) is 5.75 Å². The normalized spacial score (nSPS) is 10.4. The van der Waals surface area contributed by atoms with E-state index in [1.165, 1.54) is 19.2 Å². The van der Waals surface area contributed by atoms with E-state index in [4.69, 9.17) is 9.84 Å². The first kappa shape index (κ1) is 13.0. The number of aliphatic hydroxyl groups excluding tert-OH is 1. The number of methoxy groups -OCH3 is 1. The van der Waals surface area contributed by atoms with E-state index in [1.807, 2.05) is 0 Å². The van der Waals surface area contributed by atoms with Gasteiger partial charge in [0.1, 0.15) is 18.2 Å². The number of nitro groups is 1. The molecule has 1 N–H and O–H groups in total. The lowest BCUT2D eigenvalue weighted by Gasteiger charge is -2.10. The lowest BCUT2D eigenvalue weighted by atomic mass is 10.1. The number of hydrogen-bond donors (Lipinski definition) is 1. The van der Waals surface area contributed by atoms with Gasteiger partial charge in [0.2, 0.25) is 0 Å². The van der Waals surface area contributed by atoms with Crippen LogP contribution in [-0.4, -0.2) is 26.7 Å². The highest BCUT2D eigenvalue weighted by Gasteiger charge is 2.12. The summed E-state index contributed by atoms with van der Waals surface area (Å²) in [6, 6.07) is 4.41. The number of imidazole rings is 1. The zero-order chi connectivity index (χ0) is 13.8. The minimum absolute atomic E-state index is 0.00136. The van der Waals surface area contributed by atoms with Gasteiger partial charge in [-0.2, -0.15) is 0 Å². The first-order valence-electron chi connectivity index (χ1n) is 5.58. The molecule has 1 aromatic heterocycles. The molecule has 2 aromatic rings. The molecular weight excluding hydrogens is 250 g/mol. The molecule has 0 unspecified atom stereocenters. The van der Waals surface area contributed by atoms with Crippen LogP contribution in [0.5, 0.6) is 5.75 Å². The molecular formula is C12H13N3O4. The lowest BCUT2D eigenvalue weighted by Crippen LogP contribution is -2.06. The van der Waals surface area contributed by atoms with Gasteiger partial charge in [0.05, 0.1) is 18.6 Å². The van der Waals surface area contributed by atoms with E-state index >= 15 is 0 Å². The monoisotopic (exact) mass is 263 g/mol. The van der Waals surface area contributed by atoms with Crippen LogP contribution in [0.3, 0.4) is 0 Å². The van der Waals surface area contributed by atoms with Gasteiger partial charge in [-0.05, 0) is 6.07 Å². The van der Waals surface area contributed by atoms with Crippen molar-refractivity contribution in [3.05, 3.63) is 52.1 Å². The highest BCUT2D eigenvalue weighted by atomic mass is 16.6. The van der Waals surface area contributed by atoms with Crippen LogP contribution in [0.15, 0.2) is 30.6 Å². The third-order valence-corrected chi connectivity index (χ3v) is 2.76. The Hall–Kier alpha value is -2.41. The average molecular weight is 263 g/mol. The Morgan fingerprint density at radius 3 is 2.95 bits per heavy atom. The predicted molar refractivity (Wildman–Crippen MR) is 66.9 cm³/mol. The molecule has 0 saturated heterocycles. The number of hydrogen-bond acceptors (Lipinski definition) is 5. The summed E-state index contributed by atoms with van der Waals surface area (Å²) in [5.41, 5.74) is 0.658. The third-order valence-electron chi connectivity index (χ3n) is 2.76. The Labute approximate surface area is 109 Å². The second-order valence-corrected chi connectivity index (χ2v) is 3.88. The van der Waals surface area contributed by atoms with Crippen molar-refractivity contribution in [2.45, 2.75) is 13.2 Å². The van der Waals surface area contributed by atoms with Crippen molar-refractivity contribution in [3.63, 3.8) is 0 Å². The molecule has 0 aliphatic rings. The Morgan fingerprint density at radius 2 is 2.32 bits per heavy atom. The van der Waals surface area contributed by atoms with Gasteiger partial charge in [-0.1, -0.05) is 0 Å².